The van der Waals surface area contributed by atoms with Crippen molar-refractivity contribution in [2.45, 2.75) is 64.3 Å². The van der Waals surface area contributed by atoms with Gasteiger partial charge in [0, 0.05) is 6.04 Å². The highest BCUT2D eigenvalue weighted by Gasteiger charge is 2.51. The van der Waals surface area contributed by atoms with Crippen LogP contribution in [0, 0.1) is 11.3 Å². The topological polar surface area (TPSA) is 29.5 Å². The first-order valence-corrected chi connectivity index (χ1v) is 10.0. The molecule has 3 fully saturated rings. The molecule has 0 amide bonds. The van der Waals surface area contributed by atoms with Gasteiger partial charge in [-0.2, -0.15) is 0 Å². The maximum Gasteiger partial charge on any atom is 0.167 e. The summed E-state index contributed by atoms with van der Waals surface area (Å²) in [4.78, 5) is 14.0. The summed E-state index contributed by atoms with van der Waals surface area (Å²) in [5, 5.41) is 0. The molecule has 2 aliphatic carbocycles. The summed E-state index contributed by atoms with van der Waals surface area (Å²) >= 11 is 0. The highest BCUT2D eigenvalue weighted by Crippen LogP contribution is 2.56. The highest BCUT2D eigenvalue weighted by atomic mass is 16.5. The van der Waals surface area contributed by atoms with Gasteiger partial charge in [-0.05, 0) is 87.4 Å². The number of para-hydroxylation sites is 1. The summed E-state index contributed by atoms with van der Waals surface area (Å²) in [5.41, 5.74) is 1.88. The minimum Gasteiger partial charge on any atom is -0.486 e. The van der Waals surface area contributed by atoms with Crippen LogP contribution in [0.25, 0.3) is 0 Å². The van der Waals surface area contributed by atoms with Crippen LogP contribution in [0.4, 0.5) is 0 Å². The number of hydrogen-bond acceptors (Lipinski definition) is 3. The molecule has 0 N–H and O–H groups in total. The fraction of sp³-hybridized carbons (Fsp3) is 0.682. The third-order valence-corrected chi connectivity index (χ3v) is 7.00. The lowest BCUT2D eigenvalue weighted by molar-refractivity contribution is -0.118. The maximum absolute atomic E-state index is 11.3. The Bertz CT molecular complexity index is 635. The smallest absolute Gasteiger partial charge is 0.167 e. The third kappa shape index (κ3) is 3.36. The molecular weight excluding hydrogens is 310 g/mol. The van der Waals surface area contributed by atoms with Gasteiger partial charge in [-0.15, -0.1) is 0 Å². The van der Waals surface area contributed by atoms with Gasteiger partial charge in [0.1, 0.15) is 12.4 Å². The van der Waals surface area contributed by atoms with E-state index in [0.29, 0.717) is 11.3 Å². The largest absolute Gasteiger partial charge is 0.486 e. The van der Waals surface area contributed by atoms with Gasteiger partial charge in [0.15, 0.2) is 5.78 Å². The number of hydrogen-bond donors (Lipinski definition) is 0. The van der Waals surface area contributed by atoms with Gasteiger partial charge in [-0.3, -0.25) is 9.69 Å². The Balaban J connectivity index is 1.40. The van der Waals surface area contributed by atoms with E-state index < -0.39 is 0 Å². The fourth-order valence-corrected chi connectivity index (χ4v) is 5.74. The Labute approximate surface area is 151 Å². The Hall–Kier alpha value is -1.35. The molecule has 1 aromatic carbocycles. The third-order valence-electron chi connectivity index (χ3n) is 7.00. The van der Waals surface area contributed by atoms with Gasteiger partial charge >= 0.3 is 0 Å². The SMILES string of the molecule is CC(=O)COc1ccccc1C1CCN([C@H]2C[C@H]3CC[C@@]2(C)C3)CC1. The maximum atomic E-state index is 11.3. The van der Waals surface area contributed by atoms with E-state index in [1.165, 1.54) is 57.2 Å². The van der Waals surface area contributed by atoms with Gasteiger partial charge < -0.3 is 4.74 Å². The zero-order chi connectivity index (χ0) is 17.4. The normalized spacial score (nSPS) is 32.9. The lowest BCUT2D eigenvalue weighted by Crippen LogP contribution is -2.47. The lowest BCUT2D eigenvalue weighted by atomic mass is 9.79. The van der Waals surface area contributed by atoms with E-state index in [9.17, 15) is 4.79 Å². The predicted octanol–water partition coefficient (Wildman–Crippen LogP) is 4.41. The quantitative estimate of drug-likeness (QED) is 0.794. The van der Waals surface area contributed by atoms with Crippen LogP contribution in [0.2, 0.25) is 0 Å². The van der Waals surface area contributed by atoms with Crippen molar-refractivity contribution < 1.29 is 9.53 Å². The Morgan fingerprint density at radius 2 is 2.00 bits per heavy atom. The number of ether oxygens (including phenoxy) is 1. The zero-order valence-electron chi connectivity index (χ0n) is 15.7. The van der Waals surface area contributed by atoms with E-state index in [1.807, 2.05) is 12.1 Å². The summed E-state index contributed by atoms with van der Waals surface area (Å²) < 4.78 is 5.77. The molecule has 0 unspecified atom stereocenters. The number of nitrogens with zero attached hydrogens (tertiary/aromatic N) is 1. The molecule has 3 atom stereocenters. The molecule has 3 heteroatoms. The van der Waals surface area contributed by atoms with Crippen LogP contribution in [0.5, 0.6) is 5.75 Å². The van der Waals surface area contributed by atoms with E-state index in [-0.39, 0.29) is 12.4 Å². The van der Waals surface area contributed by atoms with Gasteiger partial charge in [0.05, 0.1) is 0 Å². The van der Waals surface area contributed by atoms with Gasteiger partial charge in [-0.25, -0.2) is 0 Å². The van der Waals surface area contributed by atoms with Crippen molar-refractivity contribution in [3.05, 3.63) is 29.8 Å². The molecule has 136 valence electrons. The second-order valence-electron chi connectivity index (χ2n) is 8.85. The molecule has 4 rings (SSSR count). The molecule has 2 bridgehead atoms. The molecular formula is C22H31NO2. The van der Waals surface area contributed by atoms with Crippen molar-refractivity contribution in [1.29, 1.82) is 0 Å². The highest BCUT2D eigenvalue weighted by molar-refractivity contribution is 5.77. The van der Waals surface area contributed by atoms with Crippen LogP contribution < -0.4 is 4.74 Å². The van der Waals surface area contributed by atoms with Crippen molar-refractivity contribution >= 4 is 5.78 Å². The Morgan fingerprint density at radius 1 is 1.24 bits per heavy atom. The van der Waals surface area contributed by atoms with E-state index in [1.54, 1.807) is 6.92 Å². The zero-order valence-corrected chi connectivity index (χ0v) is 15.7. The van der Waals surface area contributed by atoms with Gasteiger partial charge in [-0.1, -0.05) is 25.1 Å². The average Bonchev–Trinajstić information content (AvgIpc) is 3.16. The number of ketones is 1. The fourth-order valence-electron chi connectivity index (χ4n) is 5.74. The van der Waals surface area contributed by atoms with E-state index >= 15 is 0 Å². The monoisotopic (exact) mass is 341 g/mol. The minimum atomic E-state index is 0.0779. The number of likely N-dealkylation sites (tertiary alicyclic amines) is 1. The van der Waals surface area contributed by atoms with Crippen LogP contribution in [0.1, 0.15) is 63.9 Å². The molecule has 2 saturated carbocycles. The first-order valence-electron chi connectivity index (χ1n) is 10.0. The molecule has 3 nitrogen and oxygen atoms in total. The Kier molecular flexibility index (Phi) is 4.61. The first kappa shape index (κ1) is 17.1. The van der Waals surface area contributed by atoms with Crippen molar-refractivity contribution in [3.8, 4) is 5.75 Å². The van der Waals surface area contributed by atoms with Crippen LogP contribution in [0.3, 0.4) is 0 Å². The number of carbonyl (C=O) groups is 1. The predicted molar refractivity (Wildman–Crippen MR) is 100 cm³/mol. The van der Waals surface area contributed by atoms with Crippen molar-refractivity contribution in [1.82, 2.24) is 4.90 Å². The lowest BCUT2D eigenvalue weighted by Gasteiger charge is -2.44. The standard InChI is InChI=1S/C22H31NO2/c1-16(24)15-25-20-6-4-3-5-19(20)18-8-11-23(12-9-18)21-13-17-7-10-22(21,2)14-17/h3-6,17-18,21H,7-15H2,1-2H3/t17-,21+,22+/m1/s1. The molecule has 1 aliphatic heterocycles. The van der Waals surface area contributed by atoms with Gasteiger partial charge in [0.2, 0.25) is 0 Å². The summed E-state index contributed by atoms with van der Waals surface area (Å²) in [6, 6.07) is 9.12. The van der Waals surface area contributed by atoms with Crippen molar-refractivity contribution in [2.24, 2.45) is 11.3 Å². The molecule has 0 spiro atoms. The second kappa shape index (κ2) is 6.75. The Morgan fingerprint density at radius 3 is 2.64 bits per heavy atom. The summed E-state index contributed by atoms with van der Waals surface area (Å²) in [6.45, 7) is 6.70. The second-order valence-corrected chi connectivity index (χ2v) is 8.85. The number of benzene rings is 1. The average molecular weight is 341 g/mol. The van der Waals surface area contributed by atoms with Gasteiger partial charge in [0.25, 0.3) is 0 Å². The molecule has 3 aliphatic rings. The molecule has 0 aromatic heterocycles. The van der Waals surface area contributed by atoms with E-state index in [4.69, 9.17) is 4.74 Å². The molecule has 1 aromatic rings. The summed E-state index contributed by atoms with van der Waals surface area (Å²) in [7, 11) is 0. The summed E-state index contributed by atoms with van der Waals surface area (Å²) in [5.74, 6) is 2.54. The molecule has 25 heavy (non-hydrogen) atoms. The molecule has 1 saturated heterocycles. The van der Waals surface area contributed by atoms with E-state index in [0.717, 1.165) is 17.7 Å². The van der Waals surface area contributed by atoms with Crippen molar-refractivity contribution in [3.63, 3.8) is 0 Å². The van der Waals surface area contributed by atoms with Crippen LogP contribution >= 0.6 is 0 Å². The first-order chi connectivity index (χ1) is 12.0. The van der Waals surface area contributed by atoms with Crippen LogP contribution in [0.15, 0.2) is 24.3 Å². The van der Waals surface area contributed by atoms with E-state index in [2.05, 4.69) is 24.0 Å². The number of Topliss-reactive ketones (excluding diaryl/α,β-unsaturated/α-hetero) is 1. The number of fused-ring (bicyclic) bond motifs is 2. The van der Waals surface area contributed by atoms with Crippen molar-refractivity contribution in [2.75, 3.05) is 19.7 Å². The number of piperidine rings is 1. The number of carbonyl (C=O) groups excluding carboxylic acids is 1. The van der Waals surface area contributed by atoms with Crippen LogP contribution in [-0.4, -0.2) is 36.4 Å². The minimum absolute atomic E-state index is 0.0779. The van der Waals surface area contributed by atoms with Crippen LogP contribution in [-0.2, 0) is 4.79 Å². The molecule has 0 radical (unpaired) electrons. The number of rotatable bonds is 5. The molecule has 1 heterocycles. The summed E-state index contributed by atoms with van der Waals surface area (Å²) in [6.07, 6.45) is 8.20.